The number of fused-ring (bicyclic) bond motifs is 2. The SMILES string of the molecule is CCCCCCCCNC(=S)N1C2COC1C(O)C(O)C2O. The highest BCUT2D eigenvalue weighted by molar-refractivity contribution is 7.80. The first kappa shape index (κ1) is 17.9. The third-order valence-corrected chi connectivity index (χ3v) is 4.85. The smallest absolute Gasteiger partial charge is 0.171 e. The highest BCUT2D eigenvalue weighted by Gasteiger charge is 2.53. The number of aliphatic hydroxyl groups excluding tert-OH is 3. The average Bonchev–Trinajstić information content (AvgIpc) is 2.92. The molecule has 22 heavy (non-hydrogen) atoms. The Morgan fingerprint density at radius 2 is 1.77 bits per heavy atom. The third-order valence-electron chi connectivity index (χ3n) is 4.50. The summed E-state index contributed by atoms with van der Waals surface area (Å²) in [5.41, 5.74) is 0. The van der Waals surface area contributed by atoms with E-state index in [4.69, 9.17) is 17.0 Å². The van der Waals surface area contributed by atoms with E-state index in [0.29, 0.717) is 5.11 Å². The maximum Gasteiger partial charge on any atom is 0.171 e. The number of ether oxygens (including phenoxy) is 1. The van der Waals surface area contributed by atoms with Gasteiger partial charge in [-0.1, -0.05) is 39.0 Å². The Hall–Kier alpha value is -0.470. The number of unbranched alkanes of at least 4 members (excludes halogenated alkanes) is 5. The Labute approximate surface area is 137 Å². The Balaban J connectivity index is 1.74. The second-order valence-corrected chi connectivity index (χ2v) is 6.56. The van der Waals surface area contributed by atoms with Crippen molar-refractivity contribution in [1.29, 1.82) is 0 Å². The summed E-state index contributed by atoms with van der Waals surface area (Å²) >= 11 is 5.36. The summed E-state index contributed by atoms with van der Waals surface area (Å²) in [5, 5.41) is 33.4. The minimum absolute atomic E-state index is 0.263. The summed E-state index contributed by atoms with van der Waals surface area (Å²) < 4.78 is 5.46. The van der Waals surface area contributed by atoms with E-state index in [0.717, 1.165) is 13.0 Å². The van der Waals surface area contributed by atoms with Crippen LogP contribution in [-0.4, -0.2) is 69.1 Å². The molecule has 2 bridgehead atoms. The molecule has 0 aliphatic carbocycles. The standard InChI is InChI=1S/C15H28N2O4S/c1-2-3-4-5-6-7-8-16-15(22)17-10-9-21-14(17)13(20)12(19)11(10)18/h10-14,18-20H,2-9H2,1H3,(H,16,22). The molecule has 2 saturated heterocycles. The lowest BCUT2D eigenvalue weighted by atomic mass is 9.95. The Kier molecular flexibility index (Phi) is 6.83. The van der Waals surface area contributed by atoms with Crippen molar-refractivity contribution in [2.75, 3.05) is 13.2 Å². The minimum atomic E-state index is -1.19. The second kappa shape index (κ2) is 8.40. The highest BCUT2D eigenvalue weighted by Crippen LogP contribution is 2.31. The molecular formula is C15H28N2O4S. The van der Waals surface area contributed by atoms with Gasteiger partial charge in [-0.15, -0.1) is 0 Å². The number of hydrogen-bond acceptors (Lipinski definition) is 5. The Morgan fingerprint density at radius 3 is 2.50 bits per heavy atom. The van der Waals surface area contributed by atoms with Crippen LogP contribution in [0.25, 0.3) is 0 Å². The molecule has 0 aromatic heterocycles. The van der Waals surface area contributed by atoms with E-state index >= 15 is 0 Å². The molecule has 4 N–H and O–H groups in total. The van der Waals surface area contributed by atoms with Gasteiger partial charge in [0.2, 0.25) is 0 Å². The van der Waals surface area contributed by atoms with Crippen LogP contribution in [0.5, 0.6) is 0 Å². The van der Waals surface area contributed by atoms with Crippen molar-refractivity contribution in [3.05, 3.63) is 0 Å². The zero-order valence-corrected chi connectivity index (χ0v) is 14.0. The molecule has 2 aliphatic rings. The monoisotopic (exact) mass is 332 g/mol. The molecule has 2 heterocycles. The van der Waals surface area contributed by atoms with Crippen LogP contribution in [0.2, 0.25) is 0 Å². The number of nitrogens with one attached hydrogen (secondary N) is 1. The summed E-state index contributed by atoms with van der Waals surface area (Å²) in [7, 11) is 0. The molecule has 2 rings (SSSR count). The summed E-state index contributed by atoms with van der Waals surface area (Å²) in [6, 6.07) is -0.395. The van der Waals surface area contributed by atoms with Crippen LogP contribution in [-0.2, 0) is 4.74 Å². The van der Waals surface area contributed by atoms with Crippen LogP contribution in [0, 0.1) is 0 Å². The van der Waals surface area contributed by atoms with Gasteiger partial charge in [0.25, 0.3) is 0 Å². The summed E-state index contributed by atoms with van der Waals surface area (Å²) in [6.07, 6.45) is 3.21. The van der Waals surface area contributed by atoms with Gasteiger partial charge >= 0.3 is 0 Å². The van der Waals surface area contributed by atoms with Gasteiger partial charge in [0.1, 0.15) is 18.3 Å². The molecule has 2 aliphatic heterocycles. The van der Waals surface area contributed by atoms with Crippen LogP contribution in [0.15, 0.2) is 0 Å². The molecule has 128 valence electrons. The number of aliphatic hydroxyl groups is 3. The molecule has 0 aromatic carbocycles. The van der Waals surface area contributed by atoms with E-state index in [1.165, 1.54) is 32.1 Å². The van der Waals surface area contributed by atoms with Crippen LogP contribution in [0.1, 0.15) is 45.4 Å². The number of rotatable bonds is 7. The molecule has 5 atom stereocenters. The first-order valence-electron chi connectivity index (χ1n) is 8.30. The van der Waals surface area contributed by atoms with E-state index in [9.17, 15) is 15.3 Å². The summed E-state index contributed by atoms with van der Waals surface area (Å²) in [6.45, 7) is 3.24. The zero-order chi connectivity index (χ0) is 16.1. The predicted octanol–water partition coefficient (Wildman–Crippen LogP) is 0.345. The number of thiocarbonyl (C=S) groups is 1. The van der Waals surface area contributed by atoms with Gasteiger partial charge in [0.05, 0.1) is 12.6 Å². The van der Waals surface area contributed by atoms with Gasteiger partial charge in [-0.3, -0.25) is 0 Å². The summed E-state index contributed by atoms with van der Waals surface area (Å²) in [4.78, 5) is 1.69. The maximum atomic E-state index is 10.0. The Bertz CT molecular complexity index is 353. The van der Waals surface area contributed by atoms with E-state index < -0.39 is 30.6 Å². The molecule has 0 saturated carbocycles. The first-order chi connectivity index (χ1) is 10.6. The molecule has 0 spiro atoms. The zero-order valence-electron chi connectivity index (χ0n) is 13.1. The molecule has 0 radical (unpaired) electrons. The lowest BCUT2D eigenvalue weighted by Gasteiger charge is -2.42. The van der Waals surface area contributed by atoms with Crippen LogP contribution >= 0.6 is 12.2 Å². The van der Waals surface area contributed by atoms with Gasteiger partial charge in [-0.2, -0.15) is 0 Å². The van der Waals surface area contributed by atoms with E-state index in [1.807, 2.05) is 0 Å². The van der Waals surface area contributed by atoms with Crippen molar-refractivity contribution in [3.8, 4) is 0 Å². The first-order valence-corrected chi connectivity index (χ1v) is 8.70. The number of piperidine rings is 1. The fourth-order valence-electron chi connectivity index (χ4n) is 3.13. The Morgan fingerprint density at radius 1 is 1.09 bits per heavy atom. The molecule has 2 fully saturated rings. The quantitative estimate of drug-likeness (QED) is 0.395. The second-order valence-electron chi connectivity index (χ2n) is 6.17. The molecule has 5 unspecified atom stereocenters. The average molecular weight is 332 g/mol. The van der Waals surface area contributed by atoms with E-state index in [1.54, 1.807) is 4.90 Å². The number of nitrogens with zero attached hydrogens (tertiary/aromatic N) is 1. The van der Waals surface area contributed by atoms with Crippen LogP contribution in [0.4, 0.5) is 0 Å². The van der Waals surface area contributed by atoms with Crippen molar-refractivity contribution < 1.29 is 20.1 Å². The van der Waals surface area contributed by atoms with Crippen molar-refractivity contribution in [2.24, 2.45) is 0 Å². The topological polar surface area (TPSA) is 85.2 Å². The molecular weight excluding hydrogens is 304 g/mol. The van der Waals surface area contributed by atoms with Gasteiger partial charge < -0.3 is 30.3 Å². The lowest BCUT2D eigenvalue weighted by Crippen LogP contribution is -2.65. The minimum Gasteiger partial charge on any atom is -0.388 e. The van der Waals surface area contributed by atoms with Crippen molar-refractivity contribution >= 4 is 17.3 Å². The van der Waals surface area contributed by atoms with Gasteiger partial charge in [0, 0.05) is 6.54 Å². The highest BCUT2D eigenvalue weighted by atomic mass is 32.1. The molecule has 7 heteroatoms. The van der Waals surface area contributed by atoms with E-state index in [2.05, 4.69) is 12.2 Å². The summed E-state index contributed by atoms with van der Waals surface area (Å²) in [5.74, 6) is 0. The largest absolute Gasteiger partial charge is 0.388 e. The maximum absolute atomic E-state index is 10.0. The normalized spacial score (nSPS) is 34.0. The van der Waals surface area contributed by atoms with E-state index in [-0.39, 0.29) is 6.61 Å². The molecule has 6 nitrogen and oxygen atoms in total. The predicted molar refractivity (Wildman–Crippen MR) is 87.4 cm³/mol. The fourth-order valence-corrected chi connectivity index (χ4v) is 3.47. The van der Waals surface area contributed by atoms with Crippen molar-refractivity contribution in [1.82, 2.24) is 10.2 Å². The van der Waals surface area contributed by atoms with Gasteiger partial charge in [-0.05, 0) is 18.6 Å². The molecule has 0 amide bonds. The number of hydrogen-bond donors (Lipinski definition) is 4. The van der Waals surface area contributed by atoms with Crippen LogP contribution in [0.3, 0.4) is 0 Å². The van der Waals surface area contributed by atoms with Crippen molar-refractivity contribution in [2.45, 2.75) is 76.0 Å². The van der Waals surface area contributed by atoms with Crippen molar-refractivity contribution in [3.63, 3.8) is 0 Å². The van der Waals surface area contributed by atoms with Crippen LogP contribution < -0.4 is 5.32 Å². The van der Waals surface area contributed by atoms with Gasteiger partial charge in [0.15, 0.2) is 11.3 Å². The molecule has 0 aromatic rings. The fraction of sp³-hybridized carbons (Fsp3) is 0.933. The lowest BCUT2D eigenvalue weighted by molar-refractivity contribution is -0.154. The van der Waals surface area contributed by atoms with Gasteiger partial charge in [-0.25, -0.2) is 0 Å². The third kappa shape index (κ3) is 3.89.